The van der Waals surface area contributed by atoms with Gasteiger partial charge in [-0.2, -0.15) is 5.10 Å². The number of hydrogen-bond donors (Lipinski definition) is 1. The van der Waals surface area contributed by atoms with Crippen LogP contribution in [-0.2, 0) is 18.2 Å². The van der Waals surface area contributed by atoms with Gasteiger partial charge in [0.05, 0.1) is 6.10 Å². The molecule has 0 spiro atoms. The van der Waals surface area contributed by atoms with Crippen molar-refractivity contribution in [2.75, 3.05) is 13.2 Å². The van der Waals surface area contributed by atoms with Crippen LogP contribution in [0.15, 0.2) is 12.3 Å². The summed E-state index contributed by atoms with van der Waals surface area (Å²) in [5.74, 6) is 0. The first-order valence-electron chi connectivity index (χ1n) is 6.09. The first kappa shape index (κ1) is 11.6. The summed E-state index contributed by atoms with van der Waals surface area (Å²) in [6.45, 7) is 4.12. The van der Waals surface area contributed by atoms with E-state index in [-0.39, 0.29) is 0 Å². The molecule has 1 aliphatic rings. The van der Waals surface area contributed by atoms with Crippen molar-refractivity contribution in [1.29, 1.82) is 0 Å². The predicted octanol–water partition coefficient (Wildman–Crippen LogP) is 1.12. The quantitative estimate of drug-likeness (QED) is 0.813. The maximum absolute atomic E-state index is 5.65. The van der Waals surface area contributed by atoms with E-state index in [4.69, 9.17) is 4.74 Å². The highest BCUT2D eigenvalue weighted by Gasteiger charge is 2.21. The van der Waals surface area contributed by atoms with Gasteiger partial charge >= 0.3 is 0 Å². The summed E-state index contributed by atoms with van der Waals surface area (Å²) in [5, 5.41) is 7.68. The Labute approximate surface area is 97.0 Å². The van der Waals surface area contributed by atoms with Gasteiger partial charge in [-0.15, -0.1) is 0 Å². The Kier molecular flexibility index (Phi) is 3.96. The molecule has 4 nitrogen and oxygen atoms in total. The minimum atomic E-state index is 0.409. The Bertz CT molecular complexity index is 318. The molecule has 4 heteroatoms. The molecule has 0 bridgehead atoms. The maximum Gasteiger partial charge on any atom is 0.0726 e. The van der Waals surface area contributed by atoms with Crippen LogP contribution in [0.3, 0.4) is 0 Å². The summed E-state index contributed by atoms with van der Waals surface area (Å²) in [6.07, 6.45) is 5.68. The van der Waals surface area contributed by atoms with Crippen molar-refractivity contribution in [3.05, 3.63) is 18.0 Å². The second kappa shape index (κ2) is 5.46. The molecule has 2 atom stereocenters. The van der Waals surface area contributed by atoms with Crippen LogP contribution in [0.1, 0.15) is 25.5 Å². The van der Waals surface area contributed by atoms with Crippen LogP contribution in [0.4, 0.5) is 0 Å². The van der Waals surface area contributed by atoms with Crippen LogP contribution in [0.5, 0.6) is 0 Å². The number of nitrogens with zero attached hydrogens (tertiary/aromatic N) is 2. The fraction of sp³-hybridized carbons (Fsp3) is 0.750. The summed E-state index contributed by atoms with van der Waals surface area (Å²) < 4.78 is 7.58. The second-order valence-corrected chi connectivity index (χ2v) is 4.49. The van der Waals surface area contributed by atoms with E-state index in [2.05, 4.69) is 23.4 Å². The molecule has 0 amide bonds. The minimum Gasteiger partial charge on any atom is -0.377 e. The lowest BCUT2D eigenvalue weighted by Gasteiger charge is -2.19. The molecule has 1 aromatic heterocycles. The Hall–Kier alpha value is -0.870. The van der Waals surface area contributed by atoms with E-state index < -0.39 is 0 Å². The lowest BCUT2D eigenvalue weighted by atomic mass is 10.1. The molecule has 0 saturated carbocycles. The predicted molar refractivity (Wildman–Crippen MR) is 63.4 cm³/mol. The average Bonchev–Trinajstić information content (AvgIpc) is 2.90. The van der Waals surface area contributed by atoms with E-state index in [1.54, 1.807) is 0 Å². The van der Waals surface area contributed by atoms with Gasteiger partial charge in [-0.1, -0.05) is 0 Å². The molecular formula is C12H21N3O. The van der Waals surface area contributed by atoms with E-state index in [0.717, 1.165) is 19.6 Å². The highest BCUT2D eigenvalue weighted by molar-refractivity contribution is 5.00. The van der Waals surface area contributed by atoms with E-state index in [1.807, 2.05) is 17.9 Å². The minimum absolute atomic E-state index is 0.409. The average molecular weight is 223 g/mol. The molecule has 1 saturated heterocycles. The summed E-state index contributed by atoms with van der Waals surface area (Å²) in [5.41, 5.74) is 1.27. The van der Waals surface area contributed by atoms with Crippen molar-refractivity contribution in [1.82, 2.24) is 15.1 Å². The van der Waals surface area contributed by atoms with Crippen molar-refractivity contribution in [3.8, 4) is 0 Å². The smallest absolute Gasteiger partial charge is 0.0726 e. The van der Waals surface area contributed by atoms with Gasteiger partial charge in [0.25, 0.3) is 0 Å². The Morgan fingerprint density at radius 2 is 2.56 bits per heavy atom. The zero-order valence-electron chi connectivity index (χ0n) is 10.1. The fourth-order valence-electron chi connectivity index (χ4n) is 2.20. The third-order valence-electron chi connectivity index (χ3n) is 3.29. The SMILES string of the molecule is CC(NCCc1ccnn1C)C1CCCO1. The van der Waals surface area contributed by atoms with Crippen LogP contribution in [0.2, 0.25) is 0 Å². The van der Waals surface area contributed by atoms with E-state index >= 15 is 0 Å². The number of rotatable bonds is 5. The molecule has 2 heterocycles. The number of aromatic nitrogens is 2. The van der Waals surface area contributed by atoms with Crippen LogP contribution in [0.25, 0.3) is 0 Å². The van der Waals surface area contributed by atoms with Crippen molar-refractivity contribution in [3.63, 3.8) is 0 Å². The Balaban J connectivity index is 1.69. The molecular weight excluding hydrogens is 202 g/mol. The van der Waals surface area contributed by atoms with Crippen molar-refractivity contribution in [2.45, 2.75) is 38.3 Å². The van der Waals surface area contributed by atoms with Gasteiger partial charge in [0.2, 0.25) is 0 Å². The largest absolute Gasteiger partial charge is 0.377 e. The fourth-order valence-corrected chi connectivity index (χ4v) is 2.20. The second-order valence-electron chi connectivity index (χ2n) is 4.49. The number of hydrogen-bond acceptors (Lipinski definition) is 3. The van der Waals surface area contributed by atoms with Gasteiger partial charge in [0, 0.05) is 44.6 Å². The van der Waals surface area contributed by atoms with E-state index in [1.165, 1.54) is 18.5 Å². The molecule has 2 unspecified atom stereocenters. The topological polar surface area (TPSA) is 39.1 Å². The van der Waals surface area contributed by atoms with Crippen LogP contribution < -0.4 is 5.32 Å². The van der Waals surface area contributed by atoms with Crippen molar-refractivity contribution >= 4 is 0 Å². The van der Waals surface area contributed by atoms with Crippen LogP contribution in [-0.4, -0.2) is 35.1 Å². The lowest BCUT2D eigenvalue weighted by Crippen LogP contribution is -2.38. The number of aryl methyl sites for hydroxylation is 1. The molecule has 0 radical (unpaired) electrons. The van der Waals surface area contributed by atoms with Crippen molar-refractivity contribution in [2.24, 2.45) is 7.05 Å². The standard InChI is InChI=1S/C12H21N3O/c1-10(12-4-3-9-16-12)13-7-5-11-6-8-14-15(11)2/h6,8,10,12-13H,3-5,7,9H2,1-2H3. The monoisotopic (exact) mass is 223 g/mol. The maximum atomic E-state index is 5.65. The first-order chi connectivity index (χ1) is 7.77. The molecule has 2 rings (SSSR count). The van der Waals surface area contributed by atoms with Crippen LogP contribution in [0, 0.1) is 0 Å². The molecule has 0 aromatic carbocycles. The van der Waals surface area contributed by atoms with Gasteiger partial charge in [0.15, 0.2) is 0 Å². The summed E-state index contributed by atoms with van der Waals surface area (Å²) in [4.78, 5) is 0. The van der Waals surface area contributed by atoms with Gasteiger partial charge in [-0.3, -0.25) is 4.68 Å². The molecule has 1 aliphatic heterocycles. The molecule has 0 aliphatic carbocycles. The zero-order valence-corrected chi connectivity index (χ0v) is 10.1. The highest BCUT2D eigenvalue weighted by Crippen LogP contribution is 2.15. The summed E-state index contributed by atoms with van der Waals surface area (Å²) in [6, 6.07) is 2.52. The molecule has 1 aromatic rings. The lowest BCUT2D eigenvalue weighted by molar-refractivity contribution is 0.0839. The molecule has 1 fully saturated rings. The zero-order chi connectivity index (χ0) is 11.4. The Morgan fingerprint density at radius 1 is 1.69 bits per heavy atom. The van der Waals surface area contributed by atoms with Crippen molar-refractivity contribution < 1.29 is 4.74 Å². The van der Waals surface area contributed by atoms with Gasteiger partial charge < -0.3 is 10.1 Å². The number of nitrogens with one attached hydrogen (secondary N) is 1. The summed E-state index contributed by atoms with van der Waals surface area (Å²) in [7, 11) is 1.98. The third-order valence-corrected chi connectivity index (χ3v) is 3.29. The normalized spacial score (nSPS) is 22.5. The highest BCUT2D eigenvalue weighted by atomic mass is 16.5. The van der Waals surface area contributed by atoms with E-state index in [9.17, 15) is 0 Å². The number of ether oxygens (including phenoxy) is 1. The van der Waals surface area contributed by atoms with Gasteiger partial charge in [0.1, 0.15) is 0 Å². The molecule has 16 heavy (non-hydrogen) atoms. The Morgan fingerprint density at radius 3 is 3.19 bits per heavy atom. The third kappa shape index (κ3) is 2.83. The molecule has 90 valence electrons. The molecule has 1 N–H and O–H groups in total. The van der Waals surface area contributed by atoms with E-state index in [0.29, 0.717) is 12.1 Å². The van der Waals surface area contributed by atoms with Gasteiger partial charge in [-0.25, -0.2) is 0 Å². The van der Waals surface area contributed by atoms with Crippen LogP contribution >= 0.6 is 0 Å². The first-order valence-corrected chi connectivity index (χ1v) is 6.09. The van der Waals surface area contributed by atoms with Gasteiger partial charge in [-0.05, 0) is 25.8 Å². The summed E-state index contributed by atoms with van der Waals surface area (Å²) >= 11 is 0.